The Bertz CT molecular complexity index is 431. The zero-order valence-corrected chi connectivity index (χ0v) is 29.9. The Morgan fingerprint density at radius 1 is 0.722 bits per heavy atom. The molecule has 5 nitrogen and oxygen atoms in total. The predicted octanol–water partition coefficient (Wildman–Crippen LogP) is 1.06. The van der Waals surface area contributed by atoms with Crippen molar-refractivity contribution in [2.75, 3.05) is 6.61 Å². The number of rotatable bonds is 24. The van der Waals surface area contributed by atoms with E-state index in [9.17, 15) is 14.7 Å². The Morgan fingerprint density at radius 2 is 1.08 bits per heavy atom. The maximum Gasteiger partial charge on any atom is 1.00 e. The molecule has 0 aliphatic carbocycles. The summed E-state index contributed by atoms with van der Waals surface area (Å²) in [5, 5.41) is 10.3. The van der Waals surface area contributed by atoms with Crippen LogP contribution in [0.3, 0.4) is 0 Å². The number of nitrogens with two attached hydrogens (primary N) is 1. The molecule has 0 aromatic heterocycles. The topological polar surface area (TPSA) is 92.5 Å². The molecule has 0 aromatic rings. The second-order valence-electron chi connectivity index (χ2n) is 9.55. The number of carboxylic acids is 1. The van der Waals surface area contributed by atoms with Crippen molar-refractivity contribution in [1.82, 2.24) is 0 Å². The first-order valence-corrected chi connectivity index (χ1v) is 14.4. The summed E-state index contributed by atoms with van der Waals surface area (Å²) in [4.78, 5) is 21.7. The van der Waals surface area contributed by atoms with E-state index >= 15 is 0 Å². The maximum atomic E-state index is 11.5. The fourth-order valence-electron chi connectivity index (χ4n) is 3.75. The number of carbonyl (C=O) groups is 2. The van der Waals surface area contributed by atoms with Crippen LogP contribution in [0, 0.1) is 6.92 Å². The molecule has 0 aliphatic rings. The van der Waals surface area contributed by atoms with E-state index in [1.165, 1.54) is 109 Å². The molecule has 0 aromatic carbocycles. The Balaban J connectivity index is -0.000000313. The maximum absolute atomic E-state index is 11.5. The quantitative estimate of drug-likeness (QED) is 0.0848. The average molecular weight is 546 g/mol. The Hall–Kier alpha value is 1.54. The molecule has 0 radical (unpaired) electrons. The Morgan fingerprint density at radius 3 is 1.44 bits per heavy atom. The minimum atomic E-state index is -1.20. The summed E-state index contributed by atoms with van der Waals surface area (Å²) in [7, 11) is 0. The summed E-state index contributed by atoms with van der Waals surface area (Å²) in [6.07, 6.45) is 26.0. The van der Waals surface area contributed by atoms with Crippen molar-refractivity contribution >= 4 is 11.9 Å². The normalized spacial score (nSPS) is 10.9. The summed E-state index contributed by atoms with van der Waals surface area (Å²) in [5.41, 5.74) is 5.53. The molecule has 0 rings (SSSR count). The molecule has 7 heteroatoms. The van der Waals surface area contributed by atoms with Gasteiger partial charge in [0.25, 0.3) is 0 Å². The average Bonchev–Trinajstić information content (AvgIpc) is 2.83. The van der Waals surface area contributed by atoms with E-state index in [2.05, 4.69) is 20.8 Å². The molecule has 0 bridgehead atoms. The first-order valence-electron chi connectivity index (χ1n) is 14.4. The van der Waals surface area contributed by atoms with Gasteiger partial charge in [0, 0.05) is 5.97 Å². The molecule has 1 unspecified atom stereocenters. The van der Waals surface area contributed by atoms with Gasteiger partial charge in [0.05, 0.1) is 6.61 Å². The molecule has 2 N–H and O–H groups in total. The second-order valence-corrected chi connectivity index (χ2v) is 9.55. The van der Waals surface area contributed by atoms with Crippen LogP contribution in [0.5, 0.6) is 0 Å². The largest absolute Gasteiger partial charge is 1.00 e. The number of esters is 1. The molecule has 0 fully saturated rings. The van der Waals surface area contributed by atoms with Gasteiger partial charge in [0.15, 0.2) is 0 Å². The fraction of sp³-hybridized carbons (Fsp3) is 0.897. The fourth-order valence-corrected chi connectivity index (χ4v) is 3.75. The summed E-state index contributed by atoms with van der Waals surface area (Å²) < 4.78 is 5.03. The van der Waals surface area contributed by atoms with Gasteiger partial charge in [-0.05, 0) is 19.3 Å². The molecule has 204 valence electrons. The van der Waals surface area contributed by atoms with Crippen LogP contribution in [0.15, 0.2) is 0 Å². The van der Waals surface area contributed by atoms with Crippen molar-refractivity contribution in [2.24, 2.45) is 5.73 Å². The van der Waals surface area contributed by atoms with Crippen LogP contribution >= 0.6 is 0 Å². The summed E-state index contributed by atoms with van der Waals surface area (Å²) in [5.74, 6) is -1.71. The predicted molar refractivity (Wildman–Crippen MR) is 142 cm³/mol. The zero-order valence-electron chi connectivity index (χ0n) is 24.8. The van der Waals surface area contributed by atoms with Gasteiger partial charge in [-0.3, -0.25) is 4.79 Å². The summed E-state index contributed by atoms with van der Waals surface area (Å²) in [6, 6.07) is -0.860. The molecule has 0 heterocycles. The van der Waals surface area contributed by atoms with E-state index in [1.807, 2.05) is 0 Å². The van der Waals surface area contributed by atoms with Gasteiger partial charge in [-0.1, -0.05) is 129 Å². The summed E-state index contributed by atoms with van der Waals surface area (Å²) in [6.45, 7) is 8.71. The van der Waals surface area contributed by atoms with Crippen LogP contribution in [0.4, 0.5) is 0 Å². The second kappa shape index (κ2) is 38.7. The van der Waals surface area contributed by atoms with Crippen LogP contribution in [0.25, 0.3) is 0 Å². The molecule has 0 spiro atoms. The van der Waals surface area contributed by atoms with E-state index in [4.69, 9.17) is 10.5 Å². The third kappa shape index (κ3) is 40.0. The van der Waals surface area contributed by atoms with Gasteiger partial charge in [0.2, 0.25) is 0 Å². The Kier molecular flexibility index (Phi) is 47.9. The van der Waals surface area contributed by atoms with Gasteiger partial charge >= 0.3 is 86.9 Å². The first kappa shape index (κ1) is 44.6. The number of unbranched alkanes of at least 4 members (excludes halogenated alkanes) is 18. The molecular formula is C29H57KNNaO4. The number of ether oxygens (including phenoxy) is 1. The van der Waals surface area contributed by atoms with Crippen molar-refractivity contribution in [3.05, 3.63) is 6.92 Å². The standard InChI is InChI=1S/C17H33NO4.C12H25.K.Na/c1-2-3-4-5-6-7-8-9-10-11-14-22-17(21)15(18)12-13-16(19)20;1-3-5-7-9-11-12-10-8-6-4-2;;/h15H,2-14,18H2,1H3,(H,19,20);1,3-12H2,2H3;;/q;-1;2*+1/p-1. The third-order valence-corrected chi connectivity index (χ3v) is 6.06. The first-order chi connectivity index (χ1) is 16.5. The van der Waals surface area contributed by atoms with Crippen LogP contribution < -0.4 is 91.8 Å². The van der Waals surface area contributed by atoms with Crippen molar-refractivity contribution in [1.29, 1.82) is 0 Å². The van der Waals surface area contributed by atoms with Crippen molar-refractivity contribution in [3.8, 4) is 0 Å². The van der Waals surface area contributed by atoms with E-state index in [0.717, 1.165) is 19.3 Å². The molecule has 0 amide bonds. The van der Waals surface area contributed by atoms with E-state index in [-0.39, 0.29) is 93.8 Å². The molecule has 1 atom stereocenters. The number of aliphatic carboxylic acids is 1. The number of carbonyl (C=O) groups excluding carboxylic acids is 2. The van der Waals surface area contributed by atoms with Gasteiger partial charge in [0.1, 0.15) is 6.04 Å². The minimum absolute atomic E-state index is 0. The van der Waals surface area contributed by atoms with E-state index in [1.54, 1.807) is 0 Å². The zero-order chi connectivity index (χ0) is 25.7. The monoisotopic (exact) mass is 545 g/mol. The SMILES string of the molecule is CCCCCCCCCCCCOC(=O)C(N)CCC(=O)[O-].[CH2-]CCCCCCCCCCC.[K+].[Na+]. The smallest absolute Gasteiger partial charge is 0.550 e. The molecule has 36 heavy (non-hydrogen) atoms. The molecular weight excluding hydrogens is 488 g/mol. The van der Waals surface area contributed by atoms with Crippen LogP contribution in [0.2, 0.25) is 0 Å². The number of hydrogen-bond acceptors (Lipinski definition) is 5. The van der Waals surface area contributed by atoms with Crippen molar-refractivity contribution in [3.63, 3.8) is 0 Å². The van der Waals surface area contributed by atoms with Gasteiger partial charge in [-0.15, -0.1) is 0 Å². The summed E-state index contributed by atoms with van der Waals surface area (Å²) >= 11 is 0. The van der Waals surface area contributed by atoms with Crippen molar-refractivity contribution < 1.29 is 100 Å². The van der Waals surface area contributed by atoms with E-state index < -0.39 is 18.0 Å². The van der Waals surface area contributed by atoms with Crippen LogP contribution in [-0.4, -0.2) is 24.6 Å². The van der Waals surface area contributed by atoms with Gasteiger partial charge in [-0.25, -0.2) is 0 Å². The molecule has 0 saturated heterocycles. The number of carboxylic acid groups (broad SMARTS) is 1. The van der Waals surface area contributed by atoms with E-state index in [0.29, 0.717) is 6.61 Å². The van der Waals surface area contributed by atoms with Crippen molar-refractivity contribution in [2.45, 2.75) is 161 Å². The van der Waals surface area contributed by atoms with Crippen LogP contribution in [0.1, 0.15) is 155 Å². The number of hydrogen-bond donors (Lipinski definition) is 1. The van der Waals surface area contributed by atoms with Crippen LogP contribution in [-0.2, 0) is 14.3 Å². The minimum Gasteiger partial charge on any atom is -0.550 e. The molecule has 0 saturated carbocycles. The Labute approximate surface area is 289 Å². The third-order valence-electron chi connectivity index (χ3n) is 6.06. The molecule has 0 aliphatic heterocycles. The van der Waals surface area contributed by atoms with Gasteiger partial charge in [-0.2, -0.15) is 6.42 Å². The van der Waals surface area contributed by atoms with Gasteiger partial charge < -0.3 is 27.3 Å².